The summed E-state index contributed by atoms with van der Waals surface area (Å²) in [7, 11) is 0. The van der Waals surface area contributed by atoms with Crippen LogP contribution in [-0.4, -0.2) is 14.9 Å². The Hall–Kier alpha value is -3.10. The van der Waals surface area contributed by atoms with E-state index in [1.807, 2.05) is 0 Å². The lowest BCUT2D eigenvalue weighted by Gasteiger charge is -2.01. The number of halogens is 2. The van der Waals surface area contributed by atoms with Crippen LogP contribution in [0, 0.1) is 10.1 Å². The molecular weight excluding hydrogens is 385 g/mol. The van der Waals surface area contributed by atoms with Crippen LogP contribution < -0.4 is 11.2 Å². The molecule has 26 heavy (non-hydrogen) atoms. The van der Waals surface area contributed by atoms with Gasteiger partial charge in [0.05, 0.1) is 15.0 Å². The highest BCUT2D eigenvalue weighted by Crippen LogP contribution is 2.34. The van der Waals surface area contributed by atoms with Gasteiger partial charge in [0.15, 0.2) is 0 Å². The maximum Gasteiger partial charge on any atom is 0.357 e. The summed E-state index contributed by atoms with van der Waals surface area (Å²) >= 11 is 12.1. The molecule has 0 unspecified atom stereocenters. The molecule has 0 radical (unpaired) electrons. The van der Waals surface area contributed by atoms with Gasteiger partial charge in [0.25, 0.3) is 0 Å². The summed E-state index contributed by atoms with van der Waals surface area (Å²) in [5.74, 6) is 0.762. The van der Waals surface area contributed by atoms with Crippen LogP contribution in [-0.2, 0) is 0 Å². The summed E-state index contributed by atoms with van der Waals surface area (Å²) in [5, 5.41) is 11.7. The largest absolute Gasteiger partial charge is 0.457 e. The van der Waals surface area contributed by atoms with E-state index in [-0.39, 0.29) is 5.69 Å². The van der Waals surface area contributed by atoms with Crippen molar-refractivity contribution < 1.29 is 9.34 Å². The number of benzene rings is 1. The molecule has 0 bridgehead atoms. The number of hydrogen-bond acceptors (Lipinski definition) is 5. The van der Waals surface area contributed by atoms with Crippen LogP contribution in [0.5, 0.6) is 0 Å². The van der Waals surface area contributed by atoms with Gasteiger partial charge in [-0.2, -0.15) is 0 Å². The van der Waals surface area contributed by atoms with E-state index in [0.29, 0.717) is 27.1 Å². The number of nitro groups is 1. The first-order chi connectivity index (χ1) is 12.4. The zero-order chi connectivity index (χ0) is 18.8. The Morgan fingerprint density at radius 1 is 1.08 bits per heavy atom. The van der Waals surface area contributed by atoms with E-state index in [1.54, 1.807) is 35.3 Å². The summed E-state index contributed by atoms with van der Waals surface area (Å²) in [6.07, 6.45) is 2.58. The lowest BCUT2D eigenvalue weighted by atomic mass is 10.2. The predicted octanol–water partition coefficient (Wildman–Crippen LogP) is 3.71. The van der Waals surface area contributed by atoms with E-state index >= 15 is 0 Å². The van der Waals surface area contributed by atoms with E-state index < -0.39 is 21.9 Å². The van der Waals surface area contributed by atoms with Crippen molar-refractivity contribution in [2.24, 2.45) is 0 Å². The Kier molecular flexibility index (Phi) is 4.79. The number of nitrogens with one attached hydrogen (secondary N) is 2. The molecule has 3 rings (SSSR count). The summed E-state index contributed by atoms with van der Waals surface area (Å²) in [6.45, 7) is 0. The van der Waals surface area contributed by atoms with Gasteiger partial charge >= 0.3 is 16.9 Å². The van der Waals surface area contributed by atoms with Crippen LogP contribution in [0.1, 0.15) is 11.5 Å². The molecule has 0 atom stereocenters. The Morgan fingerprint density at radius 2 is 1.85 bits per heavy atom. The van der Waals surface area contributed by atoms with Crippen molar-refractivity contribution in [3.05, 3.63) is 82.8 Å². The standard InChI is InChI=1S/C16H9Cl2N3O5/c17-10-3-1-2-9(13(10)18)12-7-5-8(26-12)4-6-11-14(21(24)25)15(22)20-16(23)19-11/h1-7H,(H2,19,20,22,23)/b6-4+. The Bertz CT molecular complexity index is 1140. The predicted molar refractivity (Wildman–Crippen MR) is 97.4 cm³/mol. The summed E-state index contributed by atoms with van der Waals surface area (Å²) in [6, 6.07) is 8.32. The fourth-order valence-electron chi connectivity index (χ4n) is 2.25. The van der Waals surface area contributed by atoms with Gasteiger partial charge in [-0.05, 0) is 36.4 Å². The summed E-state index contributed by atoms with van der Waals surface area (Å²) in [4.78, 5) is 37.0. The molecule has 3 aromatic rings. The molecule has 0 amide bonds. The van der Waals surface area contributed by atoms with E-state index in [4.69, 9.17) is 27.6 Å². The van der Waals surface area contributed by atoms with Gasteiger partial charge in [0.2, 0.25) is 0 Å². The molecule has 2 aromatic heterocycles. The normalized spacial score (nSPS) is 11.2. The van der Waals surface area contributed by atoms with Crippen LogP contribution >= 0.6 is 23.2 Å². The first kappa shape index (κ1) is 17.7. The van der Waals surface area contributed by atoms with Crippen molar-refractivity contribution in [3.63, 3.8) is 0 Å². The van der Waals surface area contributed by atoms with Crippen LogP contribution in [0.25, 0.3) is 23.5 Å². The van der Waals surface area contributed by atoms with Crippen molar-refractivity contribution in [1.29, 1.82) is 0 Å². The lowest BCUT2D eigenvalue weighted by molar-refractivity contribution is -0.386. The molecule has 10 heteroatoms. The van der Waals surface area contributed by atoms with Crippen molar-refractivity contribution in [2.75, 3.05) is 0 Å². The molecule has 0 spiro atoms. The first-order valence-corrected chi connectivity index (χ1v) is 7.85. The zero-order valence-corrected chi connectivity index (χ0v) is 14.3. The van der Waals surface area contributed by atoms with Crippen LogP contribution in [0.4, 0.5) is 5.69 Å². The minimum absolute atomic E-state index is 0.248. The fourth-order valence-corrected chi connectivity index (χ4v) is 2.64. The third-order valence-electron chi connectivity index (χ3n) is 3.39. The highest BCUT2D eigenvalue weighted by atomic mass is 35.5. The first-order valence-electron chi connectivity index (χ1n) is 7.10. The number of aromatic nitrogens is 2. The minimum atomic E-state index is -1.09. The van der Waals surface area contributed by atoms with Crippen molar-refractivity contribution in [1.82, 2.24) is 9.97 Å². The third-order valence-corrected chi connectivity index (χ3v) is 4.21. The number of H-pyrrole nitrogens is 2. The third kappa shape index (κ3) is 3.46. The lowest BCUT2D eigenvalue weighted by Crippen LogP contribution is -2.25. The average Bonchev–Trinajstić information content (AvgIpc) is 3.03. The highest BCUT2D eigenvalue weighted by molar-refractivity contribution is 6.43. The summed E-state index contributed by atoms with van der Waals surface area (Å²) in [5.41, 5.74) is -2.39. The number of aromatic amines is 2. The van der Waals surface area contributed by atoms with Crippen LogP contribution in [0.2, 0.25) is 10.0 Å². The number of hydrogen-bond donors (Lipinski definition) is 2. The Labute approximate surface area is 154 Å². The molecule has 2 heterocycles. The monoisotopic (exact) mass is 393 g/mol. The zero-order valence-electron chi connectivity index (χ0n) is 12.8. The molecule has 1 aromatic carbocycles. The number of nitrogens with zero attached hydrogens (tertiary/aromatic N) is 1. The quantitative estimate of drug-likeness (QED) is 0.516. The minimum Gasteiger partial charge on any atom is -0.457 e. The highest BCUT2D eigenvalue weighted by Gasteiger charge is 2.19. The van der Waals surface area contributed by atoms with Gasteiger partial charge in [-0.25, -0.2) is 4.79 Å². The van der Waals surface area contributed by atoms with E-state index in [9.17, 15) is 19.7 Å². The molecule has 0 saturated heterocycles. The molecule has 0 saturated carbocycles. The van der Waals surface area contributed by atoms with Crippen molar-refractivity contribution in [2.45, 2.75) is 0 Å². The second-order valence-corrected chi connectivity index (χ2v) is 5.85. The smallest absolute Gasteiger partial charge is 0.357 e. The maximum atomic E-state index is 11.6. The van der Waals surface area contributed by atoms with Crippen molar-refractivity contribution in [3.8, 4) is 11.3 Å². The van der Waals surface area contributed by atoms with E-state index in [2.05, 4.69) is 4.98 Å². The van der Waals surface area contributed by atoms with E-state index in [0.717, 1.165) is 0 Å². The second kappa shape index (κ2) is 7.03. The topological polar surface area (TPSA) is 122 Å². The molecule has 0 aliphatic rings. The van der Waals surface area contributed by atoms with Gasteiger partial charge in [-0.1, -0.05) is 29.3 Å². The average molecular weight is 394 g/mol. The Balaban J connectivity index is 1.98. The molecule has 0 fully saturated rings. The second-order valence-electron chi connectivity index (χ2n) is 5.06. The fraction of sp³-hybridized carbons (Fsp3) is 0. The van der Waals surface area contributed by atoms with Gasteiger partial charge in [0, 0.05) is 5.56 Å². The van der Waals surface area contributed by atoms with Gasteiger partial charge in [-0.3, -0.25) is 19.9 Å². The Morgan fingerprint density at radius 3 is 2.58 bits per heavy atom. The summed E-state index contributed by atoms with van der Waals surface area (Å²) < 4.78 is 5.61. The molecule has 0 aliphatic carbocycles. The van der Waals surface area contributed by atoms with Crippen LogP contribution in [0.15, 0.2) is 44.3 Å². The van der Waals surface area contributed by atoms with Crippen LogP contribution in [0.3, 0.4) is 0 Å². The van der Waals surface area contributed by atoms with Gasteiger partial charge in [-0.15, -0.1) is 0 Å². The maximum absolute atomic E-state index is 11.6. The molecule has 8 nitrogen and oxygen atoms in total. The number of furan rings is 1. The molecule has 132 valence electrons. The number of rotatable bonds is 4. The molecular formula is C16H9Cl2N3O5. The van der Waals surface area contributed by atoms with Crippen molar-refractivity contribution >= 4 is 41.0 Å². The SMILES string of the molecule is O=c1[nH]c(/C=C/c2ccc(-c3cccc(Cl)c3Cl)o2)c([N+](=O)[O-])c(=O)[nH]1. The molecule has 0 aliphatic heterocycles. The van der Waals surface area contributed by atoms with Gasteiger partial charge < -0.3 is 9.40 Å². The van der Waals surface area contributed by atoms with Gasteiger partial charge in [0.1, 0.15) is 17.2 Å². The molecule has 2 N–H and O–H groups in total. The van der Waals surface area contributed by atoms with E-state index in [1.165, 1.54) is 12.2 Å².